The van der Waals surface area contributed by atoms with E-state index in [1.54, 1.807) is 0 Å². The van der Waals surface area contributed by atoms with Gasteiger partial charge >= 0.3 is 0 Å². The molecule has 142 heavy (non-hydrogen) atoms. The van der Waals surface area contributed by atoms with E-state index < -0.39 is 0 Å². The van der Waals surface area contributed by atoms with Crippen molar-refractivity contribution < 1.29 is 48.2 Å². The van der Waals surface area contributed by atoms with Crippen LogP contribution in [0.15, 0.2) is 238 Å². The van der Waals surface area contributed by atoms with E-state index in [2.05, 4.69) is 252 Å². The molecule has 19 atom stereocenters. The highest BCUT2D eigenvalue weighted by molar-refractivity contribution is 9.09. The summed E-state index contributed by atoms with van der Waals surface area (Å²) < 4.78 is 12.3. The molecule has 7 aromatic rings. The van der Waals surface area contributed by atoms with Gasteiger partial charge < -0.3 is 44.5 Å². The Morgan fingerprint density at radius 2 is 0.535 bits per heavy atom. The molecule has 7 heterocycles. The van der Waals surface area contributed by atoms with Gasteiger partial charge in [-0.3, -0.25) is 38.0 Å². The monoisotopic (exact) mass is 2010 g/mol. The third-order valence-electron chi connectivity index (χ3n) is 28.7. The lowest BCUT2D eigenvalue weighted by Crippen LogP contribution is -2.28. The van der Waals surface area contributed by atoms with Gasteiger partial charge in [0.15, 0.2) is 0 Å². The maximum Gasteiger partial charge on any atom is 0.223 e. The van der Waals surface area contributed by atoms with Crippen LogP contribution in [0.1, 0.15) is 342 Å². The van der Waals surface area contributed by atoms with E-state index in [0.717, 1.165) is 129 Å². The molecule has 0 spiro atoms. The fraction of sp³-hybridized carbons (Fsp3) is 0.573. The van der Waals surface area contributed by atoms with Crippen LogP contribution < -0.4 is 0 Å². The summed E-state index contributed by atoms with van der Waals surface area (Å²) in [6, 6.07) is 72.9. The van der Waals surface area contributed by atoms with Gasteiger partial charge in [0.2, 0.25) is 41.4 Å². The van der Waals surface area contributed by atoms with Gasteiger partial charge in [-0.25, -0.2) is 0 Å². The van der Waals surface area contributed by atoms with E-state index in [0.29, 0.717) is 137 Å². The van der Waals surface area contributed by atoms with Crippen molar-refractivity contribution >= 4 is 57.3 Å². The summed E-state index contributed by atoms with van der Waals surface area (Å²) in [6.45, 7) is 59.0. The zero-order chi connectivity index (χ0) is 105. The van der Waals surface area contributed by atoms with Gasteiger partial charge in [0.1, 0.15) is 0 Å². The summed E-state index contributed by atoms with van der Waals surface area (Å²) >= 11 is 3.36. The number of hydrogen-bond acceptors (Lipinski definition) is 9. The van der Waals surface area contributed by atoms with Crippen molar-refractivity contribution in [1.29, 1.82) is 0 Å². The Hall–Kier alpha value is -9.36. The van der Waals surface area contributed by atoms with E-state index in [-0.39, 0.29) is 85.8 Å². The molecule has 0 aliphatic carbocycles. The molecule has 0 aromatic heterocycles. The first-order valence-corrected chi connectivity index (χ1v) is 54.6. The van der Waals surface area contributed by atoms with Crippen LogP contribution in [-0.2, 0) is 33.6 Å². The number of hydrogen-bond donors (Lipinski definition) is 2. The van der Waals surface area contributed by atoms with E-state index >= 15 is 0 Å². The Kier molecular flexibility index (Phi) is 54.5. The number of benzene rings is 7. The number of carbonyl (C=O) groups excluding carboxylic acids is 7. The van der Waals surface area contributed by atoms with Gasteiger partial charge in [0.05, 0.1) is 49.0 Å². The van der Waals surface area contributed by atoms with Gasteiger partial charge in [0.25, 0.3) is 0 Å². The first kappa shape index (κ1) is 121. The predicted octanol–water partition coefficient (Wildman–Crippen LogP) is 28.5. The second-order valence-electron chi connectivity index (χ2n) is 44.3. The zero-order valence-electron chi connectivity index (χ0n) is 90.8. The van der Waals surface area contributed by atoms with Gasteiger partial charge in [-0.15, -0.1) is 13.2 Å². The van der Waals surface area contributed by atoms with Crippen LogP contribution in [0, 0.1) is 82.3 Å². The summed E-state index contributed by atoms with van der Waals surface area (Å²) in [7, 11) is 0. The van der Waals surface area contributed by atoms with Crippen molar-refractivity contribution in [3.8, 4) is 0 Å². The van der Waals surface area contributed by atoms with Crippen LogP contribution in [-0.4, -0.2) is 156 Å². The van der Waals surface area contributed by atoms with Gasteiger partial charge in [-0.2, -0.15) is 0 Å². The van der Waals surface area contributed by atoms with E-state index in [9.17, 15) is 38.0 Å². The maximum absolute atomic E-state index is 12.3. The fourth-order valence-corrected chi connectivity index (χ4v) is 21.3. The first-order chi connectivity index (χ1) is 67.6. The molecule has 7 aliphatic heterocycles. The number of carbonyl (C=O) groups is 7. The van der Waals surface area contributed by atoms with Crippen LogP contribution in [0.3, 0.4) is 0 Å². The number of alkyl halides is 2. The third kappa shape index (κ3) is 42.4. The van der Waals surface area contributed by atoms with Crippen LogP contribution in [0.25, 0.3) is 0 Å². The van der Waals surface area contributed by atoms with E-state index in [4.69, 9.17) is 10.2 Å². The summed E-state index contributed by atoms with van der Waals surface area (Å²) in [5.41, 5.74) is 8.78. The minimum Gasteiger partial charge on any atom is -0.396 e. The van der Waals surface area contributed by atoms with E-state index in [1.165, 1.54) is 38.9 Å². The molecule has 18 heteroatoms. The van der Waals surface area contributed by atoms with Crippen molar-refractivity contribution in [2.45, 2.75) is 308 Å². The number of aliphatic hydroxyl groups is 2. The molecule has 0 saturated carbocycles. The molecule has 0 radical (unpaired) electrons. The molecule has 16 nitrogen and oxygen atoms in total. The van der Waals surface area contributed by atoms with E-state index in [1.807, 2.05) is 181 Å². The molecule has 7 aliphatic rings. The van der Waals surface area contributed by atoms with Gasteiger partial charge in [-0.05, 0) is 234 Å². The molecule has 7 amide bonds. The predicted molar refractivity (Wildman–Crippen MR) is 590 cm³/mol. The van der Waals surface area contributed by atoms with Crippen molar-refractivity contribution in [3.05, 3.63) is 277 Å². The van der Waals surface area contributed by atoms with Crippen LogP contribution >= 0.6 is 15.9 Å². The highest BCUT2D eigenvalue weighted by Gasteiger charge is 2.41. The third-order valence-corrected chi connectivity index (χ3v) is 29.1. The topological polar surface area (TPSA) is 183 Å². The first-order valence-electron chi connectivity index (χ1n) is 53.7. The Morgan fingerprint density at radius 1 is 0.324 bits per heavy atom. The minimum absolute atomic E-state index is 0.130. The Morgan fingerprint density at radius 3 is 0.732 bits per heavy atom. The summed E-state index contributed by atoms with van der Waals surface area (Å²) in [5.74, 6) is 8.58. The smallest absolute Gasteiger partial charge is 0.223 e. The van der Waals surface area contributed by atoms with Crippen molar-refractivity contribution in [3.63, 3.8) is 0 Å². The van der Waals surface area contributed by atoms with Crippen molar-refractivity contribution in [2.75, 3.05) is 65.7 Å². The lowest BCUT2D eigenvalue weighted by Gasteiger charge is -2.27. The normalized spacial score (nSPS) is 21.3. The second-order valence-corrected chi connectivity index (χ2v) is 45.9. The largest absolute Gasteiger partial charge is 0.396 e. The summed E-state index contributed by atoms with van der Waals surface area (Å²) in [6.07, 6.45) is 19.6. The number of likely N-dealkylation sites (tertiary alicyclic amines) is 7. The molecule has 0 bridgehead atoms. The molecule has 2 N–H and O–H groups in total. The fourth-order valence-electron chi connectivity index (χ4n) is 21.0. The number of nitrogens with zero attached hydrogens (tertiary/aromatic N) is 7. The zero-order valence-corrected chi connectivity index (χ0v) is 92.4. The standard InChI is InChI=1S/C18H25NO.C17H24FNO.C17H25NO2.C17H25NO.C16H23NO2.C16H23NO.C14H19NO.C5H9Br.C4H10/c1-4-8-14(2)11-16-12-18(20)19(13-16)15(3)17-9-6-5-7-10-17;1-13(8-9-18)10-15-11-17(20)19(12-15)14(2)16-6-4-3-5-7-16;1-13(8-9-19)10-15-11-17(20)18(12-15)14(2)16-6-4-3-5-7-16;1-13(15-8-6-5-7-9-15)18-12-14(10-16(18)19)11-17(2,3)4;1-12(11-18)8-14-9-16(19)17(10-14)13(2)15-6-4-3-5-7-15;1-12(2)9-14-10-16(18)17(11-14)13(3)15-7-5-4-6-8-15;1-3-12-9-14(16)15(10-12)11(2)13-7-5-4-6-8-13;1-3-4-5(2)6;1-4(2)3/h4-7,9-10,14-16H,1,8,11-13H2,2-3H3;3-7,13-15H,8-12H2,1-2H3;3-7,13-15,19H,8-12H2,1-2H3;5-9,13-14H,10-12H2,1-4H3;3-7,12-14,18H,8-11H2,1-2H3;4-8,12-14H,9-11H2,1-3H3;4-8,11-12H,3,9-10H2,1-2H3;3,5H,1,4H2,2H3;4H,1-3H3/t14?,15-,16-;2*13?,14-,15-;13-,14+;12?,13-,14+;13-,14-;11-,12-;;/m0000100../s1. The quantitative estimate of drug-likeness (QED) is 0.0288. The molecule has 5 unspecified atom stereocenters. The van der Waals surface area contributed by atoms with Gasteiger partial charge in [0, 0.05) is 109 Å². The van der Waals surface area contributed by atoms with Crippen LogP contribution in [0.2, 0.25) is 0 Å². The number of halogens is 2. The molecule has 782 valence electrons. The number of allylic oxidation sites excluding steroid dienone is 2. The molecule has 7 saturated heterocycles. The Bertz CT molecular complexity index is 4650. The molecule has 7 aromatic carbocycles. The number of amides is 7. The molecule has 7 fully saturated rings. The number of aliphatic hydroxyl groups excluding tert-OH is 2. The molecular weight excluding hydrogens is 1830 g/mol. The van der Waals surface area contributed by atoms with Crippen LogP contribution in [0.5, 0.6) is 0 Å². The summed E-state index contributed by atoms with van der Waals surface area (Å²) in [4.78, 5) is 99.7. The highest BCUT2D eigenvalue weighted by Crippen LogP contribution is 2.41. The lowest BCUT2D eigenvalue weighted by atomic mass is 9.84. The molecule has 14 rings (SSSR count). The lowest BCUT2D eigenvalue weighted by molar-refractivity contribution is -0.130. The number of rotatable bonds is 35. The Balaban J connectivity index is 0.000000250. The second kappa shape index (κ2) is 63.8. The highest BCUT2D eigenvalue weighted by atomic mass is 79.9. The average molecular weight is 2010 g/mol. The van der Waals surface area contributed by atoms with Crippen LogP contribution in [0.4, 0.5) is 4.39 Å². The SMILES string of the molecule is C=CCC(C)Br.C=CCC(C)C[C@H]1CC(=O)N([C@@H](C)c2ccccc2)C1.CC(C)C.CC(C)C[C@H]1CC(=O)N([C@@H](C)c2ccccc2)C1.CC(CCF)C[C@H]1CC(=O)N([C@@H](C)c2ccccc2)C1.CC(CCO)C[C@H]1CC(=O)N([C@@H](C)c2ccccc2)C1.CC(CO)C[C@H]1CC(=O)N([C@H](C)c2ccccc2)C1.CC[C@H]1CC(=O)N([C@@H](C)c2ccccc2)C1.C[C@@H](c1ccccc1)N1C[C@@H](CC(C)(C)C)CC1=O. The minimum atomic E-state index is -0.258. The van der Waals surface area contributed by atoms with Crippen molar-refractivity contribution in [2.24, 2.45) is 82.3 Å². The average Bonchev–Trinajstić information content (AvgIpc) is 2.16. The summed E-state index contributed by atoms with van der Waals surface area (Å²) in [5, 5.41) is 18.1. The maximum atomic E-state index is 12.3. The van der Waals surface area contributed by atoms with Gasteiger partial charge in [-0.1, -0.05) is 344 Å². The van der Waals surface area contributed by atoms with Crippen molar-refractivity contribution in [1.82, 2.24) is 34.3 Å². The Labute approximate surface area is 866 Å². The molecular formula is C124H183BrFN7O9.